The van der Waals surface area contributed by atoms with Crippen LogP contribution in [0.4, 0.5) is 5.69 Å². The van der Waals surface area contributed by atoms with E-state index >= 15 is 0 Å². The van der Waals surface area contributed by atoms with Gasteiger partial charge in [-0.15, -0.1) is 10.2 Å². The number of hydrogen-bond donors (Lipinski definition) is 1. The first-order chi connectivity index (χ1) is 14.4. The van der Waals surface area contributed by atoms with Gasteiger partial charge in [0, 0.05) is 12.2 Å². The lowest BCUT2D eigenvalue weighted by molar-refractivity contribution is -0.117. The molecule has 30 heavy (non-hydrogen) atoms. The Kier molecular flexibility index (Phi) is 5.67. The lowest BCUT2D eigenvalue weighted by atomic mass is 10.1. The average molecular weight is 424 g/mol. The van der Waals surface area contributed by atoms with Gasteiger partial charge in [-0.2, -0.15) is 0 Å². The molecular weight excluding hydrogens is 398 g/mol. The molecule has 0 saturated heterocycles. The first kappa shape index (κ1) is 20.3. The highest BCUT2D eigenvalue weighted by Gasteiger charge is 2.29. The molecule has 0 spiro atoms. The summed E-state index contributed by atoms with van der Waals surface area (Å²) in [6, 6.07) is 14.0. The molecule has 0 unspecified atom stereocenters. The van der Waals surface area contributed by atoms with Crippen LogP contribution < -0.4 is 15.5 Å². The van der Waals surface area contributed by atoms with Crippen molar-refractivity contribution >= 4 is 23.4 Å². The smallest absolute Gasteiger partial charge is 0.240 e. The summed E-state index contributed by atoms with van der Waals surface area (Å²) in [5.41, 5.74) is 4.43. The van der Waals surface area contributed by atoms with E-state index in [1.54, 1.807) is 0 Å². The number of ether oxygens (including phenoxy) is 1. The molecule has 0 saturated carbocycles. The van der Waals surface area contributed by atoms with E-state index in [-0.39, 0.29) is 17.8 Å². The number of aryl methyl sites for hydroxylation is 2. The summed E-state index contributed by atoms with van der Waals surface area (Å²) in [6.07, 6.45) is 0.881. The van der Waals surface area contributed by atoms with Gasteiger partial charge in [0.25, 0.3) is 0 Å². The summed E-state index contributed by atoms with van der Waals surface area (Å²) in [5.74, 6) is 7.51. The van der Waals surface area contributed by atoms with Gasteiger partial charge in [0.15, 0.2) is 5.82 Å². The van der Waals surface area contributed by atoms with Gasteiger partial charge in [-0.3, -0.25) is 4.79 Å². The molecule has 0 fully saturated rings. The summed E-state index contributed by atoms with van der Waals surface area (Å²) in [4.78, 5) is 14.8. The number of para-hydroxylation sites is 1. The van der Waals surface area contributed by atoms with Crippen LogP contribution in [0.1, 0.15) is 29.4 Å². The van der Waals surface area contributed by atoms with Crippen LogP contribution in [0.2, 0.25) is 0 Å². The van der Waals surface area contributed by atoms with Gasteiger partial charge in [0.05, 0.1) is 5.25 Å². The van der Waals surface area contributed by atoms with Crippen LogP contribution in [-0.2, 0) is 17.8 Å². The van der Waals surface area contributed by atoms with E-state index in [1.165, 1.54) is 27.6 Å². The van der Waals surface area contributed by atoms with E-state index in [0.717, 1.165) is 23.4 Å². The minimum absolute atomic E-state index is 0.0426. The lowest BCUT2D eigenvalue weighted by Gasteiger charge is -2.21. The summed E-state index contributed by atoms with van der Waals surface area (Å²) in [7, 11) is 0. The number of aromatic nitrogens is 3. The summed E-state index contributed by atoms with van der Waals surface area (Å²) < 4.78 is 7.26. The Morgan fingerprint density at radius 3 is 2.83 bits per heavy atom. The van der Waals surface area contributed by atoms with Gasteiger partial charge in [-0.05, 0) is 50.5 Å². The molecule has 0 aliphatic carbocycles. The molecule has 4 rings (SSSR count). The van der Waals surface area contributed by atoms with Crippen molar-refractivity contribution in [1.82, 2.24) is 14.9 Å². The molecule has 1 aromatic heterocycles. The molecular formula is C22H25N5O2S. The number of carbonyl (C=O) groups is 1. The summed E-state index contributed by atoms with van der Waals surface area (Å²) in [6.45, 7) is 6.82. The SMILES string of the molecule is Cc1ccc(OCc2nnc(S[C@H](C)C(=O)N3CCc4ccccc43)n2N)c(C)c1. The van der Waals surface area contributed by atoms with E-state index in [9.17, 15) is 4.79 Å². The second-order valence-corrected chi connectivity index (χ2v) is 8.76. The van der Waals surface area contributed by atoms with Crippen LogP contribution in [0.25, 0.3) is 0 Å². The van der Waals surface area contributed by atoms with Gasteiger partial charge in [0.1, 0.15) is 12.4 Å². The second kappa shape index (κ2) is 8.39. The number of carbonyl (C=O) groups excluding carboxylic acids is 1. The highest BCUT2D eigenvalue weighted by molar-refractivity contribution is 8.00. The Hall–Kier alpha value is -3.00. The molecule has 1 amide bonds. The molecule has 1 atom stereocenters. The average Bonchev–Trinajstić information content (AvgIpc) is 3.31. The van der Waals surface area contributed by atoms with Gasteiger partial charge < -0.3 is 15.5 Å². The van der Waals surface area contributed by atoms with Crippen LogP contribution in [0.3, 0.4) is 0 Å². The fourth-order valence-electron chi connectivity index (χ4n) is 3.58. The molecule has 1 aliphatic rings. The number of rotatable bonds is 6. The molecule has 1 aliphatic heterocycles. The number of nitrogens with zero attached hydrogens (tertiary/aromatic N) is 4. The molecule has 2 heterocycles. The molecule has 8 heteroatoms. The van der Waals surface area contributed by atoms with Gasteiger partial charge >= 0.3 is 0 Å². The zero-order valence-electron chi connectivity index (χ0n) is 17.3. The monoisotopic (exact) mass is 423 g/mol. The Morgan fingerprint density at radius 1 is 1.23 bits per heavy atom. The standard InChI is InChI=1S/C22H25N5O2S/c1-14-8-9-19(15(2)12-14)29-13-20-24-25-22(27(20)23)30-16(3)21(28)26-11-10-17-6-4-5-7-18(17)26/h4-9,12,16H,10-11,13,23H2,1-3H3/t16-/m1/s1. The highest BCUT2D eigenvalue weighted by Crippen LogP contribution is 2.31. The maximum Gasteiger partial charge on any atom is 0.240 e. The van der Waals surface area contributed by atoms with Crippen molar-refractivity contribution in [2.75, 3.05) is 17.3 Å². The van der Waals surface area contributed by atoms with Crippen LogP contribution in [0.5, 0.6) is 5.75 Å². The topological polar surface area (TPSA) is 86.3 Å². The van der Waals surface area contributed by atoms with Crippen LogP contribution in [-0.4, -0.2) is 32.6 Å². The van der Waals surface area contributed by atoms with E-state index in [2.05, 4.69) is 22.3 Å². The number of amides is 1. The van der Waals surface area contributed by atoms with Crippen molar-refractivity contribution in [3.05, 3.63) is 65.0 Å². The molecule has 156 valence electrons. The Labute approximate surface area is 180 Å². The predicted octanol–water partition coefficient (Wildman–Crippen LogP) is 3.26. The third-order valence-corrected chi connectivity index (χ3v) is 6.25. The highest BCUT2D eigenvalue weighted by atomic mass is 32.2. The lowest BCUT2D eigenvalue weighted by Crippen LogP contribution is -2.35. The zero-order valence-corrected chi connectivity index (χ0v) is 18.1. The molecule has 0 radical (unpaired) electrons. The number of anilines is 1. The first-order valence-electron chi connectivity index (χ1n) is 9.89. The van der Waals surface area contributed by atoms with Gasteiger partial charge in [-0.25, -0.2) is 4.68 Å². The van der Waals surface area contributed by atoms with Crippen molar-refractivity contribution in [3.63, 3.8) is 0 Å². The first-order valence-corrected chi connectivity index (χ1v) is 10.8. The molecule has 7 nitrogen and oxygen atoms in total. The van der Waals surface area contributed by atoms with Crippen molar-refractivity contribution < 1.29 is 9.53 Å². The quantitative estimate of drug-likeness (QED) is 0.484. The fourth-order valence-corrected chi connectivity index (χ4v) is 4.44. The predicted molar refractivity (Wildman–Crippen MR) is 118 cm³/mol. The largest absolute Gasteiger partial charge is 0.485 e. The summed E-state index contributed by atoms with van der Waals surface area (Å²) in [5, 5.41) is 8.45. The third kappa shape index (κ3) is 4.00. The molecule has 2 N–H and O–H groups in total. The second-order valence-electron chi connectivity index (χ2n) is 7.46. The van der Waals surface area contributed by atoms with Crippen LogP contribution >= 0.6 is 11.8 Å². The van der Waals surface area contributed by atoms with Crippen molar-refractivity contribution in [2.24, 2.45) is 0 Å². The number of thioether (sulfide) groups is 1. The fraction of sp³-hybridized carbons (Fsp3) is 0.318. The Bertz CT molecular complexity index is 1080. The minimum Gasteiger partial charge on any atom is -0.485 e. The van der Waals surface area contributed by atoms with E-state index < -0.39 is 0 Å². The zero-order chi connectivity index (χ0) is 21.3. The van der Waals surface area contributed by atoms with Gasteiger partial charge in [0.2, 0.25) is 11.1 Å². The maximum atomic E-state index is 13.0. The van der Waals surface area contributed by atoms with E-state index in [4.69, 9.17) is 10.6 Å². The maximum absolute atomic E-state index is 13.0. The number of hydrogen-bond acceptors (Lipinski definition) is 6. The number of nitrogens with two attached hydrogens (primary N) is 1. The van der Waals surface area contributed by atoms with E-state index in [0.29, 0.717) is 17.5 Å². The number of benzene rings is 2. The van der Waals surface area contributed by atoms with Crippen LogP contribution in [0, 0.1) is 13.8 Å². The summed E-state index contributed by atoms with van der Waals surface area (Å²) >= 11 is 1.31. The van der Waals surface area contributed by atoms with Gasteiger partial charge in [-0.1, -0.05) is 47.7 Å². The number of nitrogen functional groups attached to an aromatic ring is 1. The number of fused-ring (bicyclic) bond motifs is 1. The Balaban J connectivity index is 1.41. The van der Waals surface area contributed by atoms with E-state index in [1.807, 2.05) is 56.0 Å². The van der Waals surface area contributed by atoms with Crippen molar-refractivity contribution in [3.8, 4) is 5.75 Å². The minimum atomic E-state index is -0.337. The third-order valence-electron chi connectivity index (χ3n) is 5.21. The van der Waals surface area contributed by atoms with Crippen molar-refractivity contribution in [2.45, 2.75) is 44.2 Å². The Morgan fingerprint density at radius 2 is 2.03 bits per heavy atom. The molecule has 2 aromatic carbocycles. The molecule has 3 aromatic rings. The molecule has 0 bridgehead atoms. The normalized spacial score (nSPS) is 13.9. The van der Waals surface area contributed by atoms with Crippen LogP contribution in [0.15, 0.2) is 47.6 Å². The van der Waals surface area contributed by atoms with Crippen molar-refractivity contribution in [1.29, 1.82) is 0 Å².